The van der Waals surface area contributed by atoms with Crippen LogP contribution < -0.4 is 0 Å². The molecule has 1 atom stereocenters. The van der Waals surface area contributed by atoms with Crippen LogP contribution in [0.2, 0.25) is 0 Å². The van der Waals surface area contributed by atoms with Crippen molar-refractivity contribution in [3.8, 4) is 0 Å². The van der Waals surface area contributed by atoms with Gasteiger partial charge in [0, 0.05) is 6.20 Å². The molecule has 1 aromatic heterocycles. The van der Waals surface area contributed by atoms with E-state index in [9.17, 15) is 4.79 Å². The molecule has 0 fully saturated rings. The second-order valence-electron chi connectivity index (χ2n) is 3.02. The van der Waals surface area contributed by atoms with Gasteiger partial charge in [-0.2, -0.15) is 0 Å². The molecule has 1 heterocycles. The van der Waals surface area contributed by atoms with E-state index in [1.165, 1.54) is 11.8 Å². The van der Waals surface area contributed by atoms with E-state index in [0.717, 1.165) is 10.6 Å². The minimum Gasteiger partial charge on any atom is -0.480 e. The van der Waals surface area contributed by atoms with Crippen LogP contribution in [0, 0.1) is 6.92 Å². The van der Waals surface area contributed by atoms with E-state index < -0.39 is 11.2 Å². The van der Waals surface area contributed by atoms with E-state index in [4.69, 9.17) is 5.11 Å². The van der Waals surface area contributed by atoms with Gasteiger partial charge in [-0.1, -0.05) is 18.7 Å². The Morgan fingerprint density at radius 1 is 1.71 bits per heavy atom. The van der Waals surface area contributed by atoms with Crippen LogP contribution in [0.1, 0.15) is 18.9 Å². The van der Waals surface area contributed by atoms with Crippen LogP contribution in [-0.4, -0.2) is 21.3 Å². The molecule has 3 nitrogen and oxygen atoms in total. The van der Waals surface area contributed by atoms with Crippen molar-refractivity contribution < 1.29 is 9.90 Å². The van der Waals surface area contributed by atoms with Gasteiger partial charge in [0.05, 0.1) is 5.03 Å². The first-order valence-corrected chi connectivity index (χ1v) is 5.33. The second kappa shape index (κ2) is 5.00. The highest BCUT2D eigenvalue weighted by Gasteiger charge is 2.16. The third kappa shape index (κ3) is 3.03. The van der Waals surface area contributed by atoms with E-state index in [0.29, 0.717) is 6.42 Å². The molecule has 0 aromatic carbocycles. The Labute approximate surface area is 87.6 Å². The summed E-state index contributed by atoms with van der Waals surface area (Å²) in [7, 11) is 0. The van der Waals surface area contributed by atoms with Gasteiger partial charge in [-0.15, -0.1) is 0 Å². The lowest BCUT2D eigenvalue weighted by molar-refractivity contribution is -0.136. The van der Waals surface area contributed by atoms with Gasteiger partial charge < -0.3 is 5.11 Å². The highest BCUT2D eigenvalue weighted by molar-refractivity contribution is 8.00. The van der Waals surface area contributed by atoms with Crippen LogP contribution in [0.25, 0.3) is 0 Å². The molecule has 0 aliphatic rings. The highest BCUT2D eigenvalue weighted by Crippen LogP contribution is 2.23. The zero-order valence-corrected chi connectivity index (χ0v) is 9.04. The molecule has 0 saturated carbocycles. The number of carbonyl (C=O) groups is 1. The Hall–Kier alpha value is -1.03. The van der Waals surface area contributed by atoms with E-state index in [2.05, 4.69) is 4.98 Å². The summed E-state index contributed by atoms with van der Waals surface area (Å²) in [6, 6.07) is 3.79. The number of aryl methyl sites for hydroxylation is 1. The monoisotopic (exact) mass is 211 g/mol. The molecular weight excluding hydrogens is 198 g/mol. The van der Waals surface area contributed by atoms with Gasteiger partial charge in [0.2, 0.25) is 0 Å². The number of carboxylic acid groups (broad SMARTS) is 1. The van der Waals surface area contributed by atoms with Gasteiger partial charge in [-0.05, 0) is 31.0 Å². The first-order chi connectivity index (χ1) is 6.63. The molecule has 1 unspecified atom stereocenters. The molecule has 1 rings (SSSR count). The van der Waals surface area contributed by atoms with Crippen molar-refractivity contribution in [2.24, 2.45) is 0 Å². The van der Waals surface area contributed by atoms with Gasteiger partial charge in [-0.25, -0.2) is 4.98 Å². The summed E-state index contributed by atoms with van der Waals surface area (Å²) in [4.78, 5) is 14.9. The summed E-state index contributed by atoms with van der Waals surface area (Å²) >= 11 is 1.30. The number of aromatic nitrogens is 1. The van der Waals surface area contributed by atoms with Crippen molar-refractivity contribution in [1.29, 1.82) is 0 Å². The Kier molecular flexibility index (Phi) is 3.95. The molecule has 0 spiro atoms. The molecule has 0 saturated heterocycles. The normalized spacial score (nSPS) is 12.4. The maximum atomic E-state index is 10.8. The molecule has 0 aliphatic carbocycles. The Balaban J connectivity index is 2.72. The van der Waals surface area contributed by atoms with E-state index in [1.54, 1.807) is 6.20 Å². The molecule has 4 heteroatoms. The van der Waals surface area contributed by atoms with Crippen molar-refractivity contribution in [2.75, 3.05) is 0 Å². The minimum absolute atomic E-state index is 0.399. The third-order valence-corrected chi connectivity index (χ3v) is 3.08. The molecular formula is C10H13NO2S. The summed E-state index contributed by atoms with van der Waals surface area (Å²) in [6.07, 6.45) is 2.31. The van der Waals surface area contributed by atoms with Crippen molar-refractivity contribution in [3.63, 3.8) is 0 Å². The van der Waals surface area contributed by atoms with E-state index >= 15 is 0 Å². The summed E-state index contributed by atoms with van der Waals surface area (Å²) in [5, 5.41) is 9.23. The number of aliphatic carboxylic acids is 1. The average Bonchev–Trinajstić information content (AvgIpc) is 2.14. The molecule has 0 amide bonds. The van der Waals surface area contributed by atoms with Gasteiger partial charge in [-0.3, -0.25) is 4.79 Å². The maximum absolute atomic E-state index is 10.8. The summed E-state index contributed by atoms with van der Waals surface area (Å²) < 4.78 is 0. The zero-order chi connectivity index (χ0) is 10.6. The smallest absolute Gasteiger partial charge is 0.317 e. The van der Waals surface area contributed by atoms with Crippen LogP contribution in [0.15, 0.2) is 23.4 Å². The maximum Gasteiger partial charge on any atom is 0.317 e. The molecule has 0 radical (unpaired) electrons. The van der Waals surface area contributed by atoms with Crippen molar-refractivity contribution in [2.45, 2.75) is 30.5 Å². The summed E-state index contributed by atoms with van der Waals surface area (Å²) in [6.45, 7) is 3.83. The SMILES string of the molecule is CCC(Sc1cc(C)ccn1)C(=O)O. The van der Waals surface area contributed by atoms with Gasteiger partial charge in [0.1, 0.15) is 5.25 Å². The predicted molar refractivity (Wildman–Crippen MR) is 56.5 cm³/mol. The topological polar surface area (TPSA) is 50.2 Å². The third-order valence-electron chi connectivity index (χ3n) is 1.80. The number of thioether (sulfide) groups is 1. The fraction of sp³-hybridized carbons (Fsp3) is 0.400. The molecule has 0 bridgehead atoms. The van der Waals surface area contributed by atoms with Crippen LogP contribution in [0.4, 0.5) is 0 Å². The largest absolute Gasteiger partial charge is 0.480 e. The van der Waals surface area contributed by atoms with Crippen molar-refractivity contribution in [3.05, 3.63) is 23.9 Å². The highest BCUT2D eigenvalue weighted by atomic mass is 32.2. The van der Waals surface area contributed by atoms with E-state index in [1.807, 2.05) is 26.0 Å². The summed E-state index contributed by atoms with van der Waals surface area (Å²) in [5.74, 6) is -0.777. The molecule has 1 N–H and O–H groups in total. The quantitative estimate of drug-likeness (QED) is 0.777. The molecule has 14 heavy (non-hydrogen) atoms. The average molecular weight is 211 g/mol. The number of rotatable bonds is 4. The number of carboxylic acids is 1. The van der Waals surface area contributed by atoms with Crippen LogP contribution in [-0.2, 0) is 4.79 Å². The second-order valence-corrected chi connectivity index (χ2v) is 4.25. The Morgan fingerprint density at radius 2 is 2.43 bits per heavy atom. The Bertz CT molecular complexity index is 328. The van der Waals surface area contributed by atoms with Crippen molar-refractivity contribution >= 4 is 17.7 Å². The lowest BCUT2D eigenvalue weighted by atomic mass is 10.3. The number of nitrogens with zero attached hydrogens (tertiary/aromatic N) is 1. The van der Waals surface area contributed by atoms with Crippen LogP contribution in [0.5, 0.6) is 0 Å². The number of pyridine rings is 1. The van der Waals surface area contributed by atoms with Crippen LogP contribution >= 0.6 is 11.8 Å². The first kappa shape index (κ1) is 11.0. The fourth-order valence-corrected chi connectivity index (χ4v) is 1.96. The fourth-order valence-electron chi connectivity index (χ4n) is 1.03. The Morgan fingerprint density at radius 3 is 2.93 bits per heavy atom. The standard InChI is InChI=1S/C10H13NO2S/c1-3-8(10(12)13)14-9-6-7(2)4-5-11-9/h4-6,8H,3H2,1-2H3,(H,12,13). The lowest BCUT2D eigenvalue weighted by Gasteiger charge is -2.08. The lowest BCUT2D eigenvalue weighted by Crippen LogP contribution is -2.14. The summed E-state index contributed by atoms with van der Waals surface area (Å²) in [5.41, 5.74) is 1.10. The van der Waals surface area contributed by atoms with E-state index in [-0.39, 0.29) is 0 Å². The molecule has 0 aliphatic heterocycles. The number of hydrogen-bond donors (Lipinski definition) is 1. The predicted octanol–water partition coefficient (Wildman–Crippen LogP) is 2.35. The van der Waals surface area contributed by atoms with Gasteiger partial charge >= 0.3 is 5.97 Å². The minimum atomic E-state index is -0.777. The van der Waals surface area contributed by atoms with Gasteiger partial charge in [0.25, 0.3) is 0 Å². The van der Waals surface area contributed by atoms with Gasteiger partial charge in [0.15, 0.2) is 0 Å². The first-order valence-electron chi connectivity index (χ1n) is 4.45. The number of hydrogen-bond acceptors (Lipinski definition) is 3. The molecule has 76 valence electrons. The zero-order valence-electron chi connectivity index (χ0n) is 8.23. The van der Waals surface area contributed by atoms with Crippen LogP contribution in [0.3, 0.4) is 0 Å². The molecule has 1 aromatic rings. The van der Waals surface area contributed by atoms with Crippen molar-refractivity contribution in [1.82, 2.24) is 4.98 Å².